The van der Waals surface area contributed by atoms with Gasteiger partial charge < -0.3 is 9.84 Å². The number of nitrogens with zero attached hydrogens (tertiary/aromatic N) is 2. The fourth-order valence-corrected chi connectivity index (χ4v) is 2.79. The van der Waals surface area contributed by atoms with E-state index in [4.69, 9.17) is 4.74 Å². The summed E-state index contributed by atoms with van der Waals surface area (Å²) in [5, 5.41) is 9.89. The Labute approximate surface area is 116 Å². The van der Waals surface area contributed by atoms with E-state index < -0.39 is 6.10 Å². The summed E-state index contributed by atoms with van der Waals surface area (Å²) < 4.78 is 4.85. The van der Waals surface area contributed by atoms with E-state index >= 15 is 0 Å². The van der Waals surface area contributed by atoms with Gasteiger partial charge in [0.15, 0.2) is 0 Å². The lowest BCUT2D eigenvalue weighted by atomic mass is 10.2. The zero-order valence-electron chi connectivity index (χ0n) is 12.5. The quantitative estimate of drug-likeness (QED) is 0.660. The van der Waals surface area contributed by atoms with Gasteiger partial charge in [-0.3, -0.25) is 14.6 Å². The molecular weight excluding hydrogens is 244 g/mol. The van der Waals surface area contributed by atoms with Crippen LogP contribution in [0.15, 0.2) is 0 Å². The predicted octanol–water partition coefficient (Wildman–Crippen LogP) is 0.717. The molecule has 1 aliphatic heterocycles. The minimum Gasteiger partial charge on any atom is -0.466 e. The number of likely N-dealkylation sites (N-methyl/N-ethyl adjacent to an activating group) is 1. The average Bonchev–Trinajstić information content (AvgIpc) is 2.79. The van der Waals surface area contributed by atoms with Gasteiger partial charge in [-0.05, 0) is 33.0 Å². The van der Waals surface area contributed by atoms with E-state index in [1.807, 2.05) is 0 Å². The third-order valence-electron chi connectivity index (χ3n) is 3.75. The second-order valence-electron chi connectivity index (χ2n) is 5.09. The van der Waals surface area contributed by atoms with E-state index in [9.17, 15) is 9.90 Å². The number of aliphatic hydroxyl groups is 1. The van der Waals surface area contributed by atoms with Crippen LogP contribution < -0.4 is 0 Å². The molecule has 1 heterocycles. The van der Waals surface area contributed by atoms with Crippen molar-refractivity contribution in [3.05, 3.63) is 0 Å². The van der Waals surface area contributed by atoms with Crippen molar-refractivity contribution >= 4 is 5.97 Å². The zero-order chi connectivity index (χ0) is 14.3. The van der Waals surface area contributed by atoms with Gasteiger partial charge in [0.2, 0.25) is 0 Å². The van der Waals surface area contributed by atoms with Crippen LogP contribution in [0.2, 0.25) is 0 Å². The number of β-amino-alcohol motifs (C(OH)–C–C–N with tert-alkyl or cyclic N) is 1. The Morgan fingerprint density at radius 2 is 2.11 bits per heavy atom. The minimum atomic E-state index is -0.616. The first-order valence-corrected chi connectivity index (χ1v) is 7.40. The molecule has 0 aromatic rings. The maximum absolute atomic E-state index is 11.3. The SMILES string of the molecule is CCOC(=O)CC(O)CN1CCC(N(CC)CC)C1. The molecule has 112 valence electrons. The normalized spacial score (nSPS) is 21.8. The Morgan fingerprint density at radius 3 is 2.68 bits per heavy atom. The molecule has 1 rings (SSSR count). The molecule has 0 bridgehead atoms. The average molecular weight is 272 g/mol. The van der Waals surface area contributed by atoms with Gasteiger partial charge in [0.05, 0.1) is 19.1 Å². The van der Waals surface area contributed by atoms with Crippen molar-refractivity contribution in [2.45, 2.75) is 45.8 Å². The van der Waals surface area contributed by atoms with Crippen molar-refractivity contribution in [2.24, 2.45) is 0 Å². The van der Waals surface area contributed by atoms with Crippen molar-refractivity contribution in [3.8, 4) is 0 Å². The topological polar surface area (TPSA) is 53.0 Å². The lowest BCUT2D eigenvalue weighted by molar-refractivity contribution is -0.145. The monoisotopic (exact) mass is 272 g/mol. The summed E-state index contributed by atoms with van der Waals surface area (Å²) in [5.74, 6) is -0.311. The number of carbonyl (C=O) groups excluding carboxylic acids is 1. The Hall–Kier alpha value is -0.650. The van der Waals surface area contributed by atoms with E-state index in [1.54, 1.807) is 6.92 Å². The van der Waals surface area contributed by atoms with Crippen LogP contribution in [0.4, 0.5) is 0 Å². The number of aliphatic hydroxyl groups excluding tert-OH is 1. The number of esters is 1. The van der Waals surface area contributed by atoms with Crippen LogP contribution >= 0.6 is 0 Å². The summed E-state index contributed by atoms with van der Waals surface area (Å²) >= 11 is 0. The van der Waals surface area contributed by atoms with Gasteiger partial charge in [0.25, 0.3) is 0 Å². The molecule has 0 aromatic heterocycles. The Balaban J connectivity index is 2.29. The molecular formula is C14H28N2O3. The lowest BCUT2D eigenvalue weighted by Gasteiger charge is -2.26. The fraction of sp³-hybridized carbons (Fsp3) is 0.929. The van der Waals surface area contributed by atoms with Crippen molar-refractivity contribution in [2.75, 3.05) is 39.3 Å². The van der Waals surface area contributed by atoms with E-state index in [1.165, 1.54) is 0 Å². The highest BCUT2D eigenvalue weighted by atomic mass is 16.5. The Bertz CT molecular complexity index is 269. The van der Waals surface area contributed by atoms with Crippen LogP contribution in [0.25, 0.3) is 0 Å². The maximum atomic E-state index is 11.3. The first-order chi connectivity index (χ1) is 9.10. The second kappa shape index (κ2) is 8.51. The van der Waals surface area contributed by atoms with Crippen LogP contribution in [0.1, 0.15) is 33.6 Å². The summed E-state index contributed by atoms with van der Waals surface area (Å²) in [5.41, 5.74) is 0. The predicted molar refractivity (Wildman–Crippen MR) is 75.0 cm³/mol. The van der Waals surface area contributed by atoms with Gasteiger partial charge in [-0.15, -0.1) is 0 Å². The fourth-order valence-electron chi connectivity index (χ4n) is 2.79. The highest BCUT2D eigenvalue weighted by Gasteiger charge is 2.27. The van der Waals surface area contributed by atoms with Crippen molar-refractivity contribution in [1.82, 2.24) is 9.80 Å². The van der Waals surface area contributed by atoms with E-state index in [0.29, 0.717) is 19.2 Å². The van der Waals surface area contributed by atoms with Crippen LogP contribution in [-0.4, -0.2) is 72.4 Å². The van der Waals surface area contributed by atoms with Gasteiger partial charge >= 0.3 is 5.97 Å². The van der Waals surface area contributed by atoms with E-state index in [0.717, 1.165) is 32.6 Å². The first-order valence-electron chi connectivity index (χ1n) is 7.40. The summed E-state index contributed by atoms with van der Waals surface area (Å²) in [6.45, 7) is 11.2. The molecule has 5 nitrogen and oxygen atoms in total. The molecule has 1 aliphatic rings. The molecule has 0 aromatic carbocycles. The number of rotatable bonds is 8. The van der Waals surface area contributed by atoms with E-state index in [-0.39, 0.29) is 12.4 Å². The second-order valence-corrected chi connectivity index (χ2v) is 5.09. The van der Waals surface area contributed by atoms with Gasteiger partial charge in [0.1, 0.15) is 0 Å². The number of hydrogen-bond donors (Lipinski definition) is 1. The number of ether oxygens (including phenoxy) is 1. The number of likely N-dealkylation sites (tertiary alicyclic amines) is 1. The standard InChI is InChI=1S/C14H28N2O3/c1-4-16(5-2)12-7-8-15(10-12)11-13(17)9-14(18)19-6-3/h12-13,17H,4-11H2,1-3H3. The van der Waals surface area contributed by atoms with Crippen LogP contribution in [0, 0.1) is 0 Å². The molecule has 0 radical (unpaired) electrons. The maximum Gasteiger partial charge on any atom is 0.308 e. The molecule has 0 aliphatic carbocycles. The molecule has 19 heavy (non-hydrogen) atoms. The number of hydrogen-bond acceptors (Lipinski definition) is 5. The first kappa shape index (κ1) is 16.4. The number of carbonyl (C=O) groups is 1. The molecule has 0 amide bonds. The largest absolute Gasteiger partial charge is 0.466 e. The molecule has 2 unspecified atom stereocenters. The van der Waals surface area contributed by atoms with Gasteiger partial charge in [-0.25, -0.2) is 0 Å². The Morgan fingerprint density at radius 1 is 1.42 bits per heavy atom. The molecule has 1 N–H and O–H groups in total. The van der Waals surface area contributed by atoms with Crippen LogP contribution in [0.5, 0.6) is 0 Å². The minimum absolute atomic E-state index is 0.0975. The molecule has 0 saturated carbocycles. The third kappa shape index (κ3) is 5.47. The molecule has 1 saturated heterocycles. The molecule has 2 atom stereocenters. The molecule has 1 fully saturated rings. The van der Waals surface area contributed by atoms with Gasteiger partial charge in [-0.1, -0.05) is 13.8 Å². The van der Waals surface area contributed by atoms with Crippen molar-refractivity contribution < 1.29 is 14.6 Å². The van der Waals surface area contributed by atoms with Crippen molar-refractivity contribution in [3.63, 3.8) is 0 Å². The summed E-state index contributed by atoms with van der Waals surface area (Å²) in [4.78, 5) is 16.0. The lowest BCUT2D eigenvalue weighted by Crippen LogP contribution is -2.39. The van der Waals surface area contributed by atoms with Crippen LogP contribution in [-0.2, 0) is 9.53 Å². The highest BCUT2D eigenvalue weighted by molar-refractivity contribution is 5.69. The summed E-state index contributed by atoms with van der Waals surface area (Å²) in [7, 11) is 0. The summed E-state index contributed by atoms with van der Waals surface area (Å²) in [6, 6.07) is 0.588. The summed E-state index contributed by atoms with van der Waals surface area (Å²) in [6.07, 6.45) is 0.628. The van der Waals surface area contributed by atoms with Gasteiger partial charge in [0, 0.05) is 19.1 Å². The highest BCUT2D eigenvalue weighted by Crippen LogP contribution is 2.16. The van der Waals surface area contributed by atoms with E-state index in [2.05, 4.69) is 23.6 Å². The third-order valence-corrected chi connectivity index (χ3v) is 3.75. The molecule has 0 spiro atoms. The zero-order valence-corrected chi connectivity index (χ0v) is 12.5. The smallest absolute Gasteiger partial charge is 0.308 e. The Kier molecular flexibility index (Phi) is 7.34. The van der Waals surface area contributed by atoms with Crippen molar-refractivity contribution in [1.29, 1.82) is 0 Å². The van der Waals surface area contributed by atoms with Crippen LogP contribution in [0.3, 0.4) is 0 Å². The molecule has 5 heteroatoms. The van der Waals surface area contributed by atoms with Gasteiger partial charge in [-0.2, -0.15) is 0 Å².